The highest BCUT2D eigenvalue weighted by Crippen LogP contribution is 2.25. The Balaban J connectivity index is 1.60. The number of nitrogens with zero attached hydrogens (tertiary/aromatic N) is 3. The third-order valence-corrected chi connectivity index (χ3v) is 4.63. The predicted octanol–water partition coefficient (Wildman–Crippen LogP) is 3.50. The lowest BCUT2D eigenvalue weighted by atomic mass is 10.1. The zero-order valence-corrected chi connectivity index (χ0v) is 14.5. The number of benzene rings is 2. The Kier molecular flexibility index (Phi) is 5.72. The minimum absolute atomic E-state index is 0.0833. The van der Waals surface area contributed by atoms with Crippen molar-refractivity contribution in [1.29, 1.82) is 0 Å². The van der Waals surface area contributed by atoms with E-state index >= 15 is 0 Å². The number of thioether (sulfide) groups is 1. The molecule has 1 N–H and O–H groups in total. The summed E-state index contributed by atoms with van der Waals surface area (Å²) in [4.78, 5) is 0. The summed E-state index contributed by atoms with van der Waals surface area (Å²) in [6.07, 6.45) is 0.977. The Labute approximate surface area is 145 Å². The van der Waals surface area contributed by atoms with Crippen LogP contribution >= 0.6 is 11.8 Å². The van der Waals surface area contributed by atoms with Crippen molar-refractivity contribution in [2.24, 2.45) is 0 Å². The van der Waals surface area contributed by atoms with E-state index in [1.807, 2.05) is 28.8 Å². The summed E-state index contributed by atoms with van der Waals surface area (Å²) < 4.78 is 7.92. The van der Waals surface area contributed by atoms with Gasteiger partial charge < -0.3 is 14.4 Å². The second-order valence-corrected chi connectivity index (χ2v) is 6.44. The average Bonchev–Trinajstić information content (AvgIpc) is 3.01. The summed E-state index contributed by atoms with van der Waals surface area (Å²) in [5, 5.41) is 20.7. The van der Waals surface area contributed by atoms with Gasteiger partial charge in [0.15, 0.2) is 11.0 Å². The van der Waals surface area contributed by atoms with Crippen LogP contribution in [0.1, 0.15) is 19.2 Å². The fraction of sp³-hybridized carbons (Fsp3) is 0.333. The monoisotopic (exact) mass is 343 g/mol. The van der Waals surface area contributed by atoms with Crippen molar-refractivity contribution in [3.63, 3.8) is 0 Å². The molecular weight excluding hydrogens is 322 g/mol. The first-order chi connectivity index (χ1) is 11.8. The van der Waals surface area contributed by atoms with Crippen LogP contribution in [0.25, 0.3) is 10.8 Å². The van der Waals surface area contributed by atoms with Gasteiger partial charge in [-0.15, -0.1) is 10.2 Å². The maximum absolute atomic E-state index is 9.32. The molecule has 24 heavy (non-hydrogen) atoms. The van der Waals surface area contributed by atoms with E-state index in [-0.39, 0.29) is 6.61 Å². The molecule has 0 saturated heterocycles. The van der Waals surface area contributed by atoms with Crippen LogP contribution in [-0.2, 0) is 13.2 Å². The summed E-state index contributed by atoms with van der Waals surface area (Å²) in [6, 6.07) is 14.3. The second-order valence-electron chi connectivity index (χ2n) is 5.38. The number of rotatable bonds is 8. The molecule has 2 aromatic carbocycles. The lowest BCUT2D eigenvalue weighted by Gasteiger charge is -2.10. The van der Waals surface area contributed by atoms with Crippen LogP contribution in [0, 0.1) is 0 Å². The van der Waals surface area contributed by atoms with E-state index in [4.69, 9.17) is 4.74 Å². The van der Waals surface area contributed by atoms with Crippen molar-refractivity contribution in [1.82, 2.24) is 14.8 Å². The lowest BCUT2D eigenvalue weighted by Crippen LogP contribution is -2.06. The van der Waals surface area contributed by atoms with Gasteiger partial charge in [0.05, 0.1) is 6.61 Å². The highest BCUT2D eigenvalue weighted by molar-refractivity contribution is 7.99. The van der Waals surface area contributed by atoms with E-state index in [2.05, 4.69) is 35.3 Å². The molecule has 5 nitrogen and oxygen atoms in total. The van der Waals surface area contributed by atoms with Crippen LogP contribution in [0.15, 0.2) is 47.6 Å². The molecule has 3 aromatic rings. The molecule has 1 heterocycles. The van der Waals surface area contributed by atoms with Gasteiger partial charge >= 0.3 is 0 Å². The molecule has 0 unspecified atom stereocenters. The van der Waals surface area contributed by atoms with Crippen molar-refractivity contribution in [3.05, 3.63) is 48.3 Å². The van der Waals surface area contributed by atoms with Crippen LogP contribution in [-0.4, -0.2) is 32.2 Å². The van der Waals surface area contributed by atoms with Gasteiger partial charge in [-0.3, -0.25) is 0 Å². The van der Waals surface area contributed by atoms with Crippen LogP contribution in [0.2, 0.25) is 0 Å². The number of aliphatic hydroxyl groups is 1. The summed E-state index contributed by atoms with van der Waals surface area (Å²) in [5.41, 5.74) is 0. The zero-order chi connectivity index (χ0) is 16.8. The highest BCUT2D eigenvalue weighted by atomic mass is 32.2. The van der Waals surface area contributed by atoms with Gasteiger partial charge in [0.25, 0.3) is 0 Å². The van der Waals surface area contributed by atoms with Gasteiger partial charge in [-0.25, -0.2) is 0 Å². The van der Waals surface area contributed by atoms with E-state index < -0.39 is 0 Å². The Bertz CT molecular complexity index is 799. The van der Waals surface area contributed by atoms with Gasteiger partial charge in [-0.1, -0.05) is 55.1 Å². The third kappa shape index (κ3) is 3.71. The van der Waals surface area contributed by atoms with Crippen molar-refractivity contribution in [2.45, 2.75) is 31.7 Å². The molecule has 0 spiro atoms. The average molecular weight is 343 g/mol. The molecule has 3 rings (SSSR count). The van der Waals surface area contributed by atoms with E-state index in [1.54, 1.807) is 11.8 Å². The van der Waals surface area contributed by atoms with Crippen LogP contribution in [0.3, 0.4) is 0 Å². The van der Waals surface area contributed by atoms with E-state index in [9.17, 15) is 5.11 Å². The second kappa shape index (κ2) is 8.17. The topological polar surface area (TPSA) is 60.2 Å². The largest absolute Gasteiger partial charge is 0.492 e. The van der Waals surface area contributed by atoms with Crippen LogP contribution < -0.4 is 4.74 Å². The number of aromatic nitrogens is 3. The van der Waals surface area contributed by atoms with Crippen LogP contribution in [0.4, 0.5) is 0 Å². The first-order valence-corrected chi connectivity index (χ1v) is 9.08. The Morgan fingerprint density at radius 1 is 1.12 bits per heavy atom. The molecule has 0 atom stereocenters. The number of hydrogen-bond donors (Lipinski definition) is 1. The summed E-state index contributed by atoms with van der Waals surface area (Å²) >= 11 is 1.60. The molecule has 6 heteroatoms. The summed E-state index contributed by atoms with van der Waals surface area (Å²) in [6.45, 7) is 3.42. The van der Waals surface area contributed by atoms with E-state index in [0.29, 0.717) is 12.4 Å². The maximum atomic E-state index is 9.32. The number of aliphatic hydroxyl groups excluding tert-OH is 1. The molecule has 126 valence electrons. The zero-order valence-electron chi connectivity index (χ0n) is 13.7. The fourth-order valence-electron chi connectivity index (χ4n) is 2.60. The van der Waals surface area contributed by atoms with Gasteiger partial charge in [-0.2, -0.15) is 0 Å². The summed E-state index contributed by atoms with van der Waals surface area (Å²) in [7, 11) is 0. The normalized spacial score (nSPS) is 11.1. The lowest BCUT2D eigenvalue weighted by molar-refractivity contribution is 0.263. The first-order valence-electron chi connectivity index (χ1n) is 8.09. The van der Waals surface area contributed by atoms with E-state index in [0.717, 1.165) is 35.0 Å². The minimum atomic E-state index is -0.0833. The maximum Gasteiger partial charge on any atom is 0.191 e. The highest BCUT2D eigenvalue weighted by Gasteiger charge is 2.11. The van der Waals surface area contributed by atoms with Gasteiger partial charge in [-0.05, 0) is 17.9 Å². The number of hydrogen-bond acceptors (Lipinski definition) is 5. The first kappa shape index (κ1) is 16.8. The van der Waals surface area contributed by atoms with Crippen molar-refractivity contribution < 1.29 is 9.84 Å². The van der Waals surface area contributed by atoms with Gasteiger partial charge in [0.1, 0.15) is 12.4 Å². The molecular formula is C18H21N3O2S. The van der Waals surface area contributed by atoms with Crippen molar-refractivity contribution in [3.8, 4) is 5.75 Å². The molecule has 0 amide bonds. The molecule has 0 aliphatic carbocycles. The smallest absolute Gasteiger partial charge is 0.191 e. The number of ether oxygens (including phenoxy) is 1. The van der Waals surface area contributed by atoms with Gasteiger partial charge in [0.2, 0.25) is 0 Å². The molecule has 0 aliphatic heterocycles. The molecule has 0 radical (unpaired) electrons. The minimum Gasteiger partial charge on any atom is -0.492 e. The standard InChI is InChI=1S/C18H21N3O2S/c1-2-10-21-17(13-22)19-20-18(21)24-12-11-23-16-9-5-7-14-6-3-4-8-15(14)16/h3-9,22H,2,10-13H2,1H3. The molecule has 0 aliphatic rings. The van der Waals surface area contributed by atoms with Crippen LogP contribution in [0.5, 0.6) is 5.75 Å². The quantitative estimate of drug-likeness (QED) is 0.501. The van der Waals surface area contributed by atoms with E-state index in [1.165, 1.54) is 5.39 Å². The number of fused-ring (bicyclic) bond motifs is 1. The third-order valence-electron chi connectivity index (χ3n) is 3.70. The molecule has 0 fully saturated rings. The Hall–Kier alpha value is -2.05. The van der Waals surface area contributed by atoms with Gasteiger partial charge in [0, 0.05) is 17.7 Å². The van der Waals surface area contributed by atoms with Crippen molar-refractivity contribution >= 4 is 22.5 Å². The Morgan fingerprint density at radius 3 is 2.79 bits per heavy atom. The molecule has 0 saturated carbocycles. The summed E-state index contributed by atoms with van der Waals surface area (Å²) in [5.74, 6) is 2.30. The Morgan fingerprint density at radius 2 is 1.96 bits per heavy atom. The molecule has 0 bridgehead atoms. The van der Waals surface area contributed by atoms with Crippen molar-refractivity contribution in [2.75, 3.05) is 12.4 Å². The predicted molar refractivity (Wildman–Crippen MR) is 96.4 cm³/mol. The SMILES string of the molecule is CCCn1c(CO)nnc1SCCOc1cccc2ccccc12. The fourth-order valence-corrected chi connectivity index (χ4v) is 3.40. The molecule has 1 aromatic heterocycles.